The van der Waals surface area contributed by atoms with Gasteiger partial charge in [0.2, 0.25) is 10.3 Å². The third-order valence-electron chi connectivity index (χ3n) is 2.91. The molecule has 1 aromatic rings. The van der Waals surface area contributed by atoms with Crippen LogP contribution in [0.3, 0.4) is 0 Å². The number of ether oxygens (including phenoxy) is 1. The highest BCUT2D eigenvalue weighted by molar-refractivity contribution is 9.10. The molecule has 98 valence electrons. The lowest BCUT2D eigenvalue weighted by Crippen LogP contribution is -2.61. The third-order valence-corrected chi connectivity index (χ3v) is 3.97. The zero-order valence-electron chi connectivity index (χ0n) is 9.36. The maximum absolute atomic E-state index is 12.3. The van der Waals surface area contributed by atoms with Gasteiger partial charge >= 0.3 is 0 Å². The van der Waals surface area contributed by atoms with Crippen molar-refractivity contribution >= 4 is 21.7 Å². The second-order valence-electron chi connectivity index (χ2n) is 4.15. The van der Waals surface area contributed by atoms with Crippen molar-refractivity contribution in [2.24, 2.45) is 0 Å². The molecule has 4 atom stereocenters. The standard InChI is InChI=1S/C12H13BrO5/c13-12(10(16)7-4-2-1-3-5-7)11(17)9(15)8(14)6-18-12/h1-5,8-9,11,14-15,17H,6H2/t8-,9-,11-,12+/m1/s1. The summed E-state index contributed by atoms with van der Waals surface area (Å²) < 4.78 is 3.45. The van der Waals surface area contributed by atoms with Crippen molar-refractivity contribution in [1.29, 1.82) is 0 Å². The molecule has 0 bridgehead atoms. The number of Topliss-reactive ketones (excluding diaryl/α,β-unsaturated/α-hetero) is 1. The molecule has 1 aliphatic heterocycles. The average molecular weight is 317 g/mol. The van der Waals surface area contributed by atoms with E-state index in [9.17, 15) is 20.1 Å². The van der Waals surface area contributed by atoms with E-state index in [-0.39, 0.29) is 6.61 Å². The fourth-order valence-corrected chi connectivity index (χ4v) is 2.44. The molecule has 3 N–H and O–H groups in total. The van der Waals surface area contributed by atoms with Gasteiger partial charge in [-0.1, -0.05) is 30.3 Å². The van der Waals surface area contributed by atoms with E-state index < -0.39 is 28.6 Å². The number of hydrogen-bond acceptors (Lipinski definition) is 5. The molecule has 0 saturated carbocycles. The van der Waals surface area contributed by atoms with E-state index in [1.807, 2.05) is 0 Å². The first-order valence-electron chi connectivity index (χ1n) is 5.43. The topological polar surface area (TPSA) is 87.0 Å². The Morgan fingerprint density at radius 1 is 1.28 bits per heavy atom. The monoisotopic (exact) mass is 316 g/mol. The van der Waals surface area contributed by atoms with Crippen LogP contribution in [0.4, 0.5) is 0 Å². The predicted octanol–water partition coefficient (Wildman–Crippen LogP) is 0.0734. The zero-order valence-corrected chi connectivity index (χ0v) is 10.9. The van der Waals surface area contributed by atoms with Gasteiger partial charge in [0.05, 0.1) is 6.61 Å². The molecule has 1 heterocycles. The van der Waals surface area contributed by atoms with E-state index in [0.29, 0.717) is 5.56 Å². The Labute approximate surface area is 112 Å². The Balaban J connectivity index is 2.29. The number of benzene rings is 1. The number of ketones is 1. The first kappa shape index (κ1) is 13.6. The van der Waals surface area contributed by atoms with Crippen molar-refractivity contribution in [3.63, 3.8) is 0 Å². The average Bonchev–Trinajstić information content (AvgIpc) is 2.41. The Morgan fingerprint density at radius 3 is 2.50 bits per heavy atom. The van der Waals surface area contributed by atoms with Crippen LogP contribution >= 0.6 is 15.9 Å². The number of aliphatic hydroxyl groups excluding tert-OH is 3. The second kappa shape index (κ2) is 5.07. The SMILES string of the molecule is O=C(c1ccccc1)[C@]1(Br)OC[C@@H](O)[C@@H](O)[C@H]1O. The second-order valence-corrected chi connectivity index (χ2v) is 5.33. The zero-order chi connectivity index (χ0) is 13.3. The van der Waals surface area contributed by atoms with E-state index in [2.05, 4.69) is 15.9 Å². The van der Waals surface area contributed by atoms with Crippen molar-refractivity contribution in [2.75, 3.05) is 6.61 Å². The Morgan fingerprint density at radius 2 is 1.89 bits per heavy atom. The van der Waals surface area contributed by atoms with Crippen LogP contribution in [0.2, 0.25) is 0 Å². The summed E-state index contributed by atoms with van der Waals surface area (Å²) in [5, 5.41) is 28.9. The maximum Gasteiger partial charge on any atom is 0.214 e. The number of halogens is 1. The summed E-state index contributed by atoms with van der Waals surface area (Å²) in [6.07, 6.45) is -4.20. The minimum Gasteiger partial charge on any atom is -0.388 e. The van der Waals surface area contributed by atoms with Crippen LogP contribution in [0.1, 0.15) is 10.4 Å². The quantitative estimate of drug-likeness (QED) is 0.531. The first-order valence-corrected chi connectivity index (χ1v) is 6.23. The lowest BCUT2D eigenvalue weighted by atomic mass is 9.94. The molecule has 0 spiro atoms. The lowest BCUT2D eigenvalue weighted by molar-refractivity contribution is -0.182. The molecule has 1 saturated heterocycles. The molecular weight excluding hydrogens is 304 g/mol. The molecule has 6 heteroatoms. The van der Waals surface area contributed by atoms with Gasteiger partial charge in [0.25, 0.3) is 0 Å². The lowest BCUT2D eigenvalue weighted by Gasteiger charge is -2.40. The highest BCUT2D eigenvalue weighted by Gasteiger charge is 2.52. The summed E-state index contributed by atoms with van der Waals surface area (Å²) in [6, 6.07) is 8.29. The largest absolute Gasteiger partial charge is 0.388 e. The molecule has 0 aliphatic carbocycles. The molecule has 0 amide bonds. The number of aliphatic hydroxyl groups is 3. The molecule has 2 rings (SSSR count). The molecule has 0 radical (unpaired) electrons. The Bertz CT molecular complexity index is 437. The number of alkyl halides is 1. The van der Waals surface area contributed by atoms with E-state index in [1.54, 1.807) is 30.3 Å². The van der Waals surface area contributed by atoms with E-state index >= 15 is 0 Å². The van der Waals surface area contributed by atoms with Crippen LogP contribution in [0.15, 0.2) is 30.3 Å². The number of hydrogen-bond donors (Lipinski definition) is 3. The normalized spacial score (nSPS) is 36.3. The number of carbonyl (C=O) groups excluding carboxylic acids is 1. The van der Waals surface area contributed by atoms with Gasteiger partial charge in [0, 0.05) is 5.56 Å². The van der Waals surface area contributed by atoms with Crippen molar-refractivity contribution in [3.05, 3.63) is 35.9 Å². The fraction of sp³-hybridized carbons (Fsp3) is 0.417. The molecule has 18 heavy (non-hydrogen) atoms. The van der Waals surface area contributed by atoms with Gasteiger partial charge in [-0.2, -0.15) is 0 Å². The van der Waals surface area contributed by atoms with E-state index in [1.165, 1.54) is 0 Å². The van der Waals surface area contributed by atoms with Gasteiger partial charge in [-0.15, -0.1) is 0 Å². The van der Waals surface area contributed by atoms with Crippen LogP contribution in [0, 0.1) is 0 Å². The first-order chi connectivity index (χ1) is 8.47. The van der Waals surface area contributed by atoms with Crippen molar-refractivity contribution in [3.8, 4) is 0 Å². The van der Waals surface area contributed by atoms with Crippen molar-refractivity contribution in [2.45, 2.75) is 22.8 Å². The van der Waals surface area contributed by atoms with Gasteiger partial charge in [-0.3, -0.25) is 4.79 Å². The van der Waals surface area contributed by atoms with E-state index in [4.69, 9.17) is 4.74 Å². The van der Waals surface area contributed by atoms with Gasteiger partial charge in [0.15, 0.2) is 0 Å². The predicted molar refractivity (Wildman–Crippen MR) is 66.4 cm³/mol. The van der Waals surface area contributed by atoms with Crippen LogP contribution in [0.5, 0.6) is 0 Å². The summed E-state index contributed by atoms with van der Waals surface area (Å²) in [5.74, 6) is -0.499. The summed E-state index contributed by atoms with van der Waals surface area (Å²) in [4.78, 5) is 12.3. The fourth-order valence-electron chi connectivity index (χ4n) is 1.81. The molecule has 5 nitrogen and oxygen atoms in total. The summed E-state index contributed by atoms with van der Waals surface area (Å²) in [7, 11) is 0. The highest BCUT2D eigenvalue weighted by atomic mass is 79.9. The van der Waals surface area contributed by atoms with Crippen LogP contribution < -0.4 is 0 Å². The summed E-state index contributed by atoms with van der Waals surface area (Å²) in [6.45, 7) is -0.234. The van der Waals surface area contributed by atoms with Crippen molar-refractivity contribution in [1.82, 2.24) is 0 Å². The number of carbonyl (C=O) groups is 1. The minimum absolute atomic E-state index is 0.234. The molecule has 1 aromatic carbocycles. The molecule has 0 unspecified atom stereocenters. The van der Waals surface area contributed by atoms with Crippen LogP contribution in [-0.2, 0) is 4.74 Å². The summed E-state index contributed by atoms with van der Waals surface area (Å²) in [5.41, 5.74) is 0.344. The van der Waals surface area contributed by atoms with E-state index in [0.717, 1.165) is 0 Å². The van der Waals surface area contributed by atoms with Gasteiger partial charge in [-0.25, -0.2) is 0 Å². The Kier molecular flexibility index (Phi) is 3.84. The Hall–Kier alpha value is -0.790. The highest BCUT2D eigenvalue weighted by Crippen LogP contribution is 2.35. The maximum atomic E-state index is 12.3. The summed E-state index contributed by atoms with van der Waals surface area (Å²) >= 11 is 3.04. The number of rotatable bonds is 2. The van der Waals surface area contributed by atoms with Crippen LogP contribution in [0.25, 0.3) is 0 Å². The van der Waals surface area contributed by atoms with Gasteiger partial charge in [-0.05, 0) is 15.9 Å². The molecule has 1 aliphatic rings. The minimum atomic E-state index is -1.73. The van der Waals surface area contributed by atoms with Gasteiger partial charge in [0.1, 0.15) is 18.3 Å². The molecule has 1 fully saturated rings. The third kappa shape index (κ3) is 2.22. The smallest absolute Gasteiger partial charge is 0.214 e. The van der Waals surface area contributed by atoms with Gasteiger partial charge < -0.3 is 20.1 Å². The molecular formula is C12H13BrO5. The molecule has 0 aromatic heterocycles. The van der Waals surface area contributed by atoms with Crippen molar-refractivity contribution < 1.29 is 24.9 Å². The van der Waals surface area contributed by atoms with Crippen LogP contribution in [-0.4, -0.2) is 50.5 Å².